The van der Waals surface area contributed by atoms with Crippen molar-refractivity contribution in [1.29, 1.82) is 0 Å². The molecule has 3 aromatic carbocycles. The second kappa shape index (κ2) is 9.97. The molecule has 0 saturated carbocycles. The Bertz CT molecular complexity index is 1230. The van der Waals surface area contributed by atoms with E-state index in [4.69, 9.17) is 4.74 Å². The van der Waals surface area contributed by atoms with Crippen LogP contribution in [0, 0.1) is 6.92 Å². The van der Waals surface area contributed by atoms with Crippen LogP contribution in [0.5, 0.6) is 0 Å². The third-order valence-corrected chi connectivity index (χ3v) is 7.06. The van der Waals surface area contributed by atoms with Crippen molar-refractivity contribution in [3.05, 3.63) is 88.4 Å². The van der Waals surface area contributed by atoms with E-state index in [0.29, 0.717) is 22.5 Å². The molecule has 166 valence electrons. The number of methoxy groups -OCH3 is 1. The zero-order valence-electron chi connectivity index (χ0n) is 17.4. The molecule has 0 spiro atoms. The number of anilines is 2. The van der Waals surface area contributed by atoms with E-state index in [1.165, 1.54) is 19.2 Å². The lowest BCUT2D eigenvalue weighted by molar-refractivity contribution is -0.114. The molecule has 3 aromatic rings. The molecule has 0 bridgehead atoms. The molecule has 3 rings (SSSR count). The normalized spacial score (nSPS) is 11.0. The summed E-state index contributed by atoms with van der Waals surface area (Å²) < 4.78 is 33.2. The van der Waals surface area contributed by atoms with Crippen LogP contribution >= 0.6 is 15.9 Å². The van der Waals surface area contributed by atoms with Gasteiger partial charge in [-0.05, 0) is 61.0 Å². The van der Waals surface area contributed by atoms with E-state index in [9.17, 15) is 18.0 Å². The minimum Gasteiger partial charge on any atom is -0.465 e. The SMILES string of the molecule is COC(=O)c1cccc(NC(=O)CN(c2ccc(Br)cc2)S(=O)(=O)c2ccccc2)c1C. The van der Waals surface area contributed by atoms with Gasteiger partial charge < -0.3 is 10.1 Å². The van der Waals surface area contributed by atoms with Gasteiger partial charge >= 0.3 is 5.97 Å². The maximum absolute atomic E-state index is 13.3. The maximum atomic E-state index is 13.3. The van der Waals surface area contributed by atoms with Crippen molar-refractivity contribution in [2.24, 2.45) is 0 Å². The summed E-state index contributed by atoms with van der Waals surface area (Å²) in [6.07, 6.45) is 0. The molecule has 0 saturated heterocycles. The summed E-state index contributed by atoms with van der Waals surface area (Å²) in [5.74, 6) is -1.08. The number of carbonyl (C=O) groups is 2. The largest absolute Gasteiger partial charge is 0.465 e. The van der Waals surface area contributed by atoms with Crippen LogP contribution in [0.3, 0.4) is 0 Å². The zero-order chi connectivity index (χ0) is 23.3. The van der Waals surface area contributed by atoms with E-state index in [1.807, 2.05) is 0 Å². The fraction of sp³-hybridized carbons (Fsp3) is 0.130. The predicted molar refractivity (Wildman–Crippen MR) is 126 cm³/mol. The average molecular weight is 517 g/mol. The summed E-state index contributed by atoms with van der Waals surface area (Å²) in [6, 6.07) is 19.4. The Morgan fingerprint density at radius 1 is 0.969 bits per heavy atom. The van der Waals surface area contributed by atoms with Crippen molar-refractivity contribution < 1.29 is 22.7 Å². The number of nitrogens with zero attached hydrogens (tertiary/aromatic N) is 1. The van der Waals surface area contributed by atoms with Gasteiger partial charge in [0.25, 0.3) is 10.0 Å². The minimum absolute atomic E-state index is 0.0691. The third-order valence-electron chi connectivity index (χ3n) is 4.75. The molecule has 0 atom stereocenters. The van der Waals surface area contributed by atoms with Crippen LogP contribution in [0.1, 0.15) is 15.9 Å². The maximum Gasteiger partial charge on any atom is 0.338 e. The van der Waals surface area contributed by atoms with Gasteiger partial charge in [0.15, 0.2) is 0 Å². The number of nitrogens with one attached hydrogen (secondary N) is 1. The lowest BCUT2D eigenvalue weighted by Gasteiger charge is -2.24. The Kier molecular flexibility index (Phi) is 7.32. The van der Waals surface area contributed by atoms with E-state index in [0.717, 1.165) is 8.78 Å². The summed E-state index contributed by atoms with van der Waals surface area (Å²) in [7, 11) is -2.73. The van der Waals surface area contributed by atoms with Crippen molar-refractivity contribution in [3.63, 3.8) is 0 Å². The van der Waals surface area contributed by atoms with Crippen LogP contribution in [0.25, 0.3) is 0 Å². The third kappa shape index (κ3) is 5.17. The van der Waals surface area contributed by atoms with Gasteiger partial charge in [-0.1, -0.05) is 40.2 Å². The summed E-state index contributed by atoms with van der Waals surface area (Å²) in [5, 5.41) is 2.70. The molecule has 32 heavy (non-hydrogen) atoms. The Balaban J connectivity index is 1.93. The first-order valence-corrected chi connectivity index (χ1v) is 11.8. The number of amides is 1. The van der Waals surface area contributed by atoms with Gasteiger partial charge in [-0.3, -0.25) is 9.10 Å². The predicted octanol–water partition coefficient (Wildman–Crippen LogP) is 4.38. The van der Waals surface area contributed by atoms with Gasteiger partial charge in [0.1, 0.15) is 6.54 Å². The van der Waals surface area contributed by atoms with Gasteiger partial charge in [0.05, 0.1) is 23.3 Å². The lowest BCUT2D eigenvalue weighted by atomic mass is 10.1. The molecule has 0 heterocycles. The zero-order valence-corrected chi connectivity index (χ0v) is 19.8. The molecule has 0 aliphatic rings. The molecule has 9 heteroatoms. The molecule has 0 fully saturated rings. The number of hydrogen-bond donors (Lipinski definition) is 1. The van der Waals surface area contributed by atoms with Crippen LogP contribution in [-0.2, 0) is 19.6 Å². The van der Waals surface area contributed by atoms with Crippen LogP contribution in [0.15, 0.2) is 82.2 Å². The first-order chi connectivity index (χ1) is 15.2. The van der Waals surface area contributed by atoms with Crippen LogP contribution in [-0.4, -0.2) is 33.9 Å². The highest BCUT2D eigenvalue weighted by Crippen LogP contribution is 2.26. The Hall–Kier alpha value is -3.17. The van der Waals surface area contributed by atoms with Crippen LogP contribution < -0.4 is 9.62 Å². The fourth-order valence-corrected chi connectivity index (χ4v) is 4.77. The topological polar surface area (TPSA) is 92.8 Å². The van der Waals surface area contributed by atoms with Gasteiger partial charge in [0.2, 0.25) is 5.91 Å². The number of esters is 1. The lowest BCUT2D eigenvalue weighted by Crippen LogP contribution is -2.38. The summed E-state index contributed by atoms with van der Waals surface area (Å²) >= 11 is 3.33. The van der Waals surface area contributed by atoms with Crippen LogP contribution in [0.4, 0.5) is 11.4 Å². The summed E-state index contributed by atoms with van der Waals surface area (Å²) in [5.41, 5.74) is 1.57. The monoisotopic (exact) mass is 516 g/mol. The van der Waals surface area contributed by atoms with E-state index in [-0.39, 0.29) is 4.90 Å². The second-order valence-corrected chi connectivity index (χ2v) is 9.60. The molecule has 1 amide bonds. The van der Waals surface area contributed by atoms with Gasteiger partial charge in [0, 0.05) is 10.2 Å². The van der Waals surface area contributed by atoms with E-state index >= 15 is 0 Å². The fourth-order valence-electron chi connectivity index (χ4n) is 3.06. The van der Waals surface area contributed by atoms with Crippen molar-refractivity contribution >= 4 is 49.2 Å². The highest BCUT2D eigenvalue weighted by Gasteiger charge is 2.27. The van der Waals surface area contributed by atoms with Gasteiger partial charge in [-0.15, -0.1) is 0 Å². The average Bonchev–Trinajstić information content (AvgIpc) is 2.79. The highest BCUT2D eigenvalue weighted by atomic mass is 79.9. The van der Waals surface area contributed by atoms with Gasteiger partial charge in [-0.2, -0.15) is 0 Å². The van der Waals surface area contributed by atoms with Crippen molar-refractivity contribution in [2.45, 2.75) is 11.8 Å². The number of rotatable bonds is 7. The van der Waals surface area contributed by atoms with E-state index in [1.54, 1.807) is 67.6 Å². The molecule has 7 nitrogen and oxygen atoms in total. The Morgan fingerprint density at radius 3 is 2.25 bits per heavy atom. The van der Waals surface area contributed by atoms with Crippen LogP contribution in [0.2, 0.25) is 0 Å². The smallest absolute Gasteiger partial charge is 0.338 e. The number of ether oxygens (including phenoxy) is 1. The molecular formula is C23H21BrN2O5S. The highest BCUT2D eigenvalue weighted by molar-refractivity contribution is 9.10. The molecule has 0 unspecified atom stereocenters. The number of benzene rings is 3. The van der Waals surface area contributed by atoms with Gasteiger partial charge in [-0.25, -0.2) is 13.2 Å². The molecule has 0 aliphatic carbocycles. The first kappa shape index (κ1) is 23.5. The second-order valence-electron chi connectivity index (χ2n) is 6.82. The van der Waals surface area contributed by atoms with Crippen molar-refractivity contribution in [3.8, 4) is 0 Å². The summed E-state index contributed by atoms with van der Waals surface area (Å²) in [6.45, 7) is 1.22. The number of sulfonamides is 1. The molecular weight excluding hydrogens is 496 g/mol. The first-order valence-electron chi connectivity index (χ1n) is 9.55. The molecule has 0 aromatic heterocycles. The summed E-state index contributed by atoms with van der Waals surface area (Å²) in [4.78, 5) is 24.9. The molecule has 0 aliphatic heterocycles. The Morgan fingerprint density at radius 2 is 1.62 bits per heavy atom. The van der Waals surface area contributed by atoms with Crippen molar-refractivity contribution in [2.75, 3.05) is 23.3 Å². The minimum atomic E-state index is -4.01. The number of carbonyl (C=O) groups excluding carboxylic acids is 2. The quantitative estimate of drug-likeness (QED) is 0.470. The standard InChI is InChI=1S/C23H21BrN2O5S/c1-16-20(23(28)31-2)9-6-10-21(16)25-22(27)15-26(18-13-11-17(24)12-14-18)32(29,30)19-7-4-3-5-8-19/h3-14H,15H2,1-2H3,(H,25,27). The molecule has 1 N–H and O–H groups in total. The number of halogens is 1. The molecule has 0 radical (unpaired) electrons. The number of hydrogen-bond acceptors (Lipinski definition) is 5. The Labute approximate surface area is 195 Å². The van der Waals surface area contributed by atoms with E-state index < -0.39 is 28.4 Å². The van der Waals surface area contributed by atoms with E-state index in [2.05, 4.69) is 21.2 Å². The van der Waals surface area contributed by atoms with Crippen molar-refractivity contribution in [1.82, 2.24) is 0 Å².